The minimum atomic E-state index is -3.74. The van der Waals surface area contributed by atoms with Crippen LogP contribution in [0.3, 0.4) is 0 Å². The van der Waals surface area contributed by atoms with Crippen LogP contribution in [-0.2, 0) is 13.8 Å². The standard InChI is InChI=1S/C12H16Cl2N2O5P/c1-7(15)8-3-2-4-16(5-8)12-11(18)10(17)9(21-12)6-20-22(13,14)19/h2-5,9-12,17-18H,1,6,15H2/q+1/t9-,10-,11-,12?/m1/s1. The van der Waals surface area contributed by atoms with E-state index in [9.17, 15) is 14.8 Å². The van der Waals surface area contributed by atoms with Crippen molar-refractivity contribution in [2.24, 2.45) is 5.73 Å². The Morgan fingerprint density at radius 2 is 2.18 bits per heavy atom. The molecule has 10 heteroatoms. The van der Waals surface area contributed by atoms with E-state index in [0.717, 1.165) is 0 Å². The van der Waals surface area contributed by atoms with Gasteiger partial charge in [-0.15, -0.1) is 0 Å². The van der Waals surface area contributed by atoms with Crippen LogP contribution in [-0.4, -0.2) is 35.1 Å². The molecule has 0 radical (unpaired) electrons. The fourth-order valence-corrected chi connectivity index (χ4v) is 2.77. The van der Waals surface area contributed by atoms with E-state index in [2.05, 4.69) is 6.58 Å². The average molecular weight is 370 g/mol. The molecule has 7 nitrogen and oxygen atoms in total. The Kier molecular flexibility index (Phi) is 5.50. The molecule has 0 amide bonds. The lowest BCUT2D eigenvalue weighted by atomic mass is 10.1. The van der Waals surface area contributed by atoms with Crippen LogP contribution in [0.1, 0.15) is 11.8 Å². The minimum absolute atomic E-state index is 0.317. The zero-order chi connectivity index (χ0) is 16.5. The number of nitrogens with zero attached hydrogens (tertiary/aromatic N) is 1. The molecular formula is C12H16Cl2N2O5P+. The highest BCUT2D eigenvalue weighted by Gasteiger charge is 2.48. The summed E-state index contributed by atoms with van der Waals surface area (Å²) in [5.74, 6) is 0. The second-order valence-corrected chi connectivity index (χ2v) is 9.10. The molecular weight excluding hydrogens is 354 g/mol. The van der Waals surface area contributed by atoms with Crippen LogP contribution >= 0.6 is 28.6 Å². The van der Waals surface area contributed by atoms with E-state index in [1.807, 2.05) is 0 Å². The highest BCUT2D eigenvalue weighted by molar-refractivity contribution is 8.05. The lowest BCUT2D eigenvalue weighted by Gasteiger charge is -2.13. The Balaban J connectivity index is 2.14. The molecule has 0 bridgehead atoms. The maximum Gasteiger partial charge on any atom is 0.380 e. The molecule has 1 aliphatic rings. The molecule has 0 aromatic carbocycles. The molecule has 0 aliphatic carbocycles. The Labute approximate surface area is 136 Å². The molecule has 2 rings (SSSR count). The van der Waals surface area contributed by atoms with Gasteiger partial charge in [0.25, 0.3) is 6.23 Å². The predicted octanol–water partition coefficient (Wildman–Crippen LogP) is 1.12. The molecule has 4 N–H and O–H groups in total. The van der Waals surface area contributed by atoms with Crippen LogP contribution in [0.15, 0.2) is 31.1 Å². The molecule has 122 valence electrons. The number of aliphatic hydroxyl groups is 2. The summed E-state index contributed by atoms with van der Waals surface area (Å²) in [7, 11) is 0. The smallest absolute Gasteiger partial charge is 0.380 e. The number of nitrogens with two attached hydrogens (primary N) is 1. The van der Waals surface area contributed by atoms with E-state index in [4.69, 9.17) is 37.5 Å². The highest BCUT2D eigenvalue weighted by Crippen LogP contribution is 2.57. The van der Waals surface area contributed by atoms with Gasteiger partial charge in [0.05, 0.1) is 12.2 Å². The Morgan fingerprint density at radius 3 is 2.77 bits per heavy atom. The lowest BCUT2D eigenvalue weighted by Crippen LogP contribution is -2.46. The summed E-state index contributed by atoms with van der Waals surface area (Å²) < 4.78 is 22.9. The number of ether oxygens (including phenoxy) is 1. The van der Waals surface area contributed by atoms with Crippen molar-refractivity contribution >= 4 is 34.3 Å². The Morgan fingerprint density at radius 1 is 1.50 bits per heavy atom. The summed E-state index contributed by atoms with van der Waals surface area (Å²) in [6.45, 7) is 3.31. The van der Waals surface area contributed by atoms with Gasteiger partial charge in [-0.05, 0) is 28.5 Å². The summed E-state index contributed by atoms with van der Waals surface area (Å²) in [6, 6.07) is 3.44. The fourth-order valence-electron chi connectivity index (χ4n) is 2.11. The number of rotatable bonds is 5. The van der Waals surface area contributed by atoms with E-state index >= 15 is 0 Å². The van der Waals surface area contributed by atoms with Gasteiger partial charge in [-0.25, -0.2) is 0 Å². The van der Waals surface area contributed by atoms with Gasteiger partial charge in [-0.2, -0.15) is 4.57 Å². The molecule has 4 atom stereocenters. The lowest BCUT2D eigenvalue weighted by molar-refractivity contribution is -0.765. The van der Waals surface area contributed by atoms with E-state index in [1.54, 1.807) is 29.1 Å². The monoisotopic (exact) mass is 369 g/mol. The quantitative estimate of drug-likeness (QED) is 0.530. The zero-order valence-electron chi connectivity index (χ0n) is 11.4. The molecule has 0 saturated carbocycles. The van der Waals surface area contributed by atoms with Gasteiger partial charge in [0.15, 0.2) is 18.5 Å². The summed E-state index contributed by atoms with van der Waals surface area (Å²) in [5.41, 5.74) is 6.63. The summed E-state index contributed by atoms with van der Waals surface area (Å²) >= 11 is 10.5. The van der Waals surface area contributed by atoms with Gasteiger partial charge in [-0.1, -0.05) is 6.58 Å². The first-order valence-electron chi connectivity index (χ1n) is 6.30. The number of aliphatic hydroxyl groups excluding tert-OH is 2. The average Bonchev–Trinajstić information content (AvgIpc) is 2.72. The SMILES string of the molecule is C=C(N)c1ccc[n+](C2O[C@H](COP(=O)(Cl)Cl)[C@@H](O)[C@H]2O)c1. The van der Waals surface area contributed by atoms with Crippen molar-refractivity contribution in [3.63, 3.8) is 0 Å². The maximum absolute atomic E-state index is 11.1. The van der Waals surface area contributed by atoms with Crippen molar-refractivity contribution in [1.82, 2.24) is 0 Å². The van der Waals surface area contributed by atoms with Crippen LogP contribution in [0.2, 0.25) is 0 Å². The van der Waals surface area contributed by atoms with Gasteiger partial charge in [0.1, 0.15) is 12.2 Å². The normalized spacial score (nSPS) is 28.7. The number of pyridine rings is 1. The zero-order valence-corrected chi connectivity index (χ0v) is 13.8. The number of hydrogen-bond acceptors (Lipinski definition) is 6. The third-order valence-corrected chi connectivity index (χ3v) is 4.25. The summed E-state index contributed by atoms with van der Waals surface area (Å²) in [4.78, 5) is 0. The second-order valence-electron chi connectivity index (χ2n) is 4.82. The number of aromatic nitrogens is 1. The van der Waals surface area contributed by atoms with Crippen LogP contribution in [0.25, 0.3) is 5.70 Å². The van der Waals surface area contributed by atoms with Gasteiger partial charge >= 0.3 is 6.07 Å². The topological polar surface area (TPSA) is 106 Å². The molecule has 1 fully saturated rings. The number of halogens is 2. The van der Waals surface area contributed by atoms with E-state index in [1.165, 1.54) is 0 Å². The number of hydrogen-bond donors (Lipinski definition) is 3. The van der Waals surface area contributed by atoms with Gasteiger partial charge in [-0.3, -0.25) is 4.57 Å². The first-order valence-corrected chi connectivity index (χ1v) is 9.73. The molecule has 1 aromatic heterocycles. The van der Waals surface area contributed by atoms with Gasteiger partial charge in [0, 0.05) is 11.8 Å². The fraction of sp³-hybridized carbons (Fsp3) is 0.417. The van der Waals surface area contributed by atoms with Crippen LogP contribution in [0.5, 0.6) is 0 Å². The molecule has 1 aromatic rings. The molecule has 1 saturated heterocycles. The molecule has 22 heavy (non-hydrogen) atoms. The largest absolute Gasteiger partial charge is 0.399 e. The van der Waals surface area contributed by atoms with Crippen molar-refractivity contribution in [3.05, 3.63) is 36.7 Å². The first-order chi connectivity index (χ1) is 10.2. The summed E-state index contributed by atoms with van der Waals surface area (Å²) in [5, 5.41) is 20.1. The highest BCUT2D eigenvalue weighted by atomic mass is 35.9. The molecule has 1 aliphatic heterocycles. The van der Waals surface area contributed by atoms with Crippen molar-refractivity contribution in [3.8, 4) is 0 Å². The van der Waals surface area contributed by atoms with Crippen molar-refractivity contribution in [1.29, 1.82) is 0 Å². The van der Waals surface area contributed by atoms with Gasteiger partial charge in [0.2, 0.25) is 0 Å². The maximum atomic E-state index is 11.1. The Hall–Kier alpha value is -0.660. The predicted molar refractivity (Wildman–Crippen MR) is 81.0 cm³/mol. The molecule has 1 unspecified atom stereocenters. The summed E-state index contributed by atoms with van der Waals surface area (Å²) in [6.07, 6.45) is -4.73. The van der Waals surface area contributed by atoms with Crippen LogP contribution in [0.4, 0.5) is 0 Å². The Bertz CT molecular complexity index is 611. The van der Waals surface area contributed by atoms with Crippen LogP contribution in [0, 0.1) is 0 Å². The van der Waals surface area contributed by atoms with E-state index in [-0.39, 0.29) is 6.61 Å². The minimum Gasteiger partial charge on any atom is -0.399 e. The third kappa shape index (κ3) is 4.20. The van der Waals surface area contributed by atoms with Crippen molar-refractivity contribution in [2.75, 3.05) is 6.61 Å². The van der Waals surface area contributed by atoms with E-state index < -0.39 is 30.6 Å². The van der Waals surface area contributed by atoms with E-state index in [0.29, 0.717) is 11.3 Å². The van der Waals surface area contributed by atoms with Crippen LogP contribution < -0.4 is 10.3 Å². The molecule has 0 spiro atoms. The second kappa shape index (κ2) is 6.84. The van der Waals surface area contributed by atoms with Gasteiger partial charge < -0.3 is 25.2 Å². The van der Waals surface area contributed by atoms with Crippen molar-refractivity contribution in [2.45, 2.75) is 24.5 Å². The first kappa shape index (κ1) is 17.7. The molecule has 2 heterocycles. The van der Waals surface area contributed by atoms with Crippen molar-refractivity contribution < 1.29 is 28.6 Å². The third-order valence-electron chi connectivity index (χ3n) is 3.21.